The van der Waals surface area contributed by atoms with Crippen LogP contribution in [0.2, 0.25) is 0 Å². The lowest BCUT2D eigenvalue weighted by Gasteiger charge is -2.19. The van der Waals surface area contributed by atoms with Gasteiger partial charge in [0.05, 0.1) is 12.2 Å². The van der Waals surface area contributed by atoms with Gasteiger partial charge in [-0.15, -0.1) is 0 Å². The topological polar surface area (TPSA) is 46.6 Å². The number of nitrogens with zero attached hydrogens (tertiary/aromatic N) is 1. The Balaban J connectivity index is 2.63. The molecule has 0 saturated carbocycles. The molecule has 1 aromatic rings. The van der Waals surface area contributed by atoms with Gasteiger partial charge in [0, 0.05) is 25.1 Å². The van der Waals surface area contributed by atoms with Crippen LogP contribution in [0.5, 0.6) is 0 Å². The van der Waals surface area contributed by atoms with E-state index in [2.05, 4.69) is 0 Å². The quantitative estimate of drug-likeness (QED) is 0.751. The van der Waals surface area contributed by atoms with Crippen LogP contribution in [0.1, 0.15) is 36.2 Å². The first-order valence-electron chi connectivity index (χ1n) is 6.91. The zero-order valence-electron chi connectivity index (χ0n) is 12.4. The second kappa shape index (κ2) is 7.82. The molecule has 0 bridgehead atoms. The molecule has 0 radical (unpaired) electrons. The van der Waals surface area contributed by atoms with Crippen molar-refractivity contribution in [2.75, 3.05) is 19.7 Å². The van der Waals surface area contributed by atoms with Gasteiger partial charge >= 0.3 is 12.3 Å². The highest BCUT2D eigenvalue weighted by molar-refractivity contribution is 5.96. The average molecular weight is 317 g/mol. The SMILES string of the molecule is CCOC(=O)N(CC)CCC(=O)c1ccc(C(F)(F)F)cc1. The number of benzene rings is 1. The Labute approximate surface area is 126 Å². The van der Waals surface area contributed by atoms with Crippen LogP contribution < -0.4 is 0 Å². The molecule has 0 spiro atoms. The third kappa shape index (κ3) is 5.05. The molecular formula is C15H18F3NO3. The summed E-state index contributed by atoms with van der Waals surface area (Å²) in [7, 11) is 0. The fraction of sp³-hybridized carbons (Fsp3) is 0.467. The van der Waals surface area contributed by atoms with Gasteiger partial charge in [0.2, 0.25) is 0 Å². The Morgan fingerprint density at radius 3 is 2.18 bits per heavy atom. The van der Waals surface area contributed by atoms with E-state index in [1.165, 1.54) is 4.90 Å². The fourth-order valence-corrected chi connectivity index (χ4v) is 1.82. The molecule has 1 rings (SSSR count). The van der Waals surface area contributed by atoms with E-state index in [0.29, 0.717) is 6.54 Å². The Hall–Kier alpha value is -2.05. The maximum absolute atomic E-state index is 12.4. The molecule has 1 aromatic carbocycles. The summed E-state index contributed by atoms with van der Waals surface area (Å²) in [6.07, 6.45) is -4.91. The first kappa shape index (κ1) is 18.0. The molecule has 4 nitrogen and oxygen atoms in total. The molecule has 0 aliphatic heterocycles. The van der Waals surface area contributed by atoms with Gasteiger partial charge in [0.15, 0.2) is 5.78 Å². The van der Waals surface area contributed by atoms with Gasteiger partial charge in [-0.2, -0.15) is 13.2 Å². The molecule has 7 heteroatoms. The van der Waals surface area contributed by atoms with Crippen molar-refractivity contribution in [3.8, 4) is 0 Å². The van der Waals surface area contributed by atoms with Crippen LogP contribution in [-0.4, -0.2) is 36.5 Å². The minimum Gasteiger partial charge on any atom is -0.450 e. The molecule has 0 unspecified atom stereocenters. The van der Waals surface area contributed by atoms with Crippen molar-refractivity contribution >= 4 is 11.9 Å². The van der Waals surface area contributed by atoms with Crippen LogP contribution >= 0.6 is 0 Å². The molecule has 1 amide bonds. The molecule has 0 fully saturated rings. The normalized spacial score (nSPS) is 11.1. The molecule has 0 aromatic heterocycles. The third-order valence-corrected chi connectivity index (χ3v) is 3.05. The summed E-state index contributed by atoms with van der Waals surface area (Å²) < 4.78 is 42.2. The van der Waals surface area contributed by atoms with E-state index in [9.17, 15) is 22.8 Å². The first-order valence-corrected chi connectivity index (χ1v) is 6.91. The van der Waals surface area contributed by atoms with Crippen molar-refractivity contribution in [2.24, 2.45) is 0 Å². The number of carbonyl (C=O) groups excluding carboxylic acids is 2. The van der Waals surface area contributed by atoms with Crippen LogP contribution in [-0.2, 0) is 10.9 Å². The number of alkyl halides is 3. The van der Waals surface area contributed by atoms with E-state index in [-0.39, 0.29) is 30.9 Å². The Morgan fingerprint density at radius 2 is 1.73 bits per heavy atom. The Kier molecular flexibility index (Phi) is 6.39. The van der Waals surface area contributed by atoms with Gasteiger partial charge in [-0.1, -0.05) is 12.1 Å². The summed E-state index contributed by atoms with van der Waals surface area (Å²) in [5.74, 6) is -0.323. The van der Waals surface area contributed by atoms with Gasteiger partial charge in [-0.3, -0.25) is 4.79 Å². The molecule has 0 aliphatic carbocycles. The van der Waals surface area contributed by atoms with Crippen LogP contribution in [0, 0.1) is 0 Å². The molecule has 0 heterocycles. The number of amides is 1. The van der Waals surface area contributed by atoms with E-state index < -0.39 is 17.8 Å². The lowest BCUT2D eigenvalue weighted by Crippen LogP contribution is -2.33. The number of hydrogen-bond donors (Lipinski definition) is 0. The van der Waals surface area contributed by atoms with Crippen molar-refractivity contribution in [3.63, 3.8) is 0 Å². The maximum Gasteiger partial charge on any atom is 0.416 e. The summed E-state index contributed by atoms with van der Waals surface area (Å²) >= 11 is 0. The van der Waals surface area contributed by atoms with Crippen molar-refractivity contribution in [3.05, 3.63) is 35.4 Å². The number of ether oxygens (including phenoxy) is 1. The zero-order chi connectivity index (χ0) is 16.8. The predicted molar refractivity (Wildman–Crippen MR) is 74.7 cm³/mol. The van der Waals surface area contributed by atoms with Crippen LogP contribution in [0.15, 0.2) is 24.3 Å². The Bertz CT molecular complexity index is 512. The summed E-state index contributed by atoms with van der Waals surface area (Å²) in [6.45, 7) is 4.22. The van der Waals surface area contributed by atoms with E-state index >= 15 is 0 Å². The zero-order valence-corrected chi connectivity index (χ0v) is 12.4. The average Bonchev–Trinajstić information content (AvgIpc) is 2.47. The molecule has 0 N–H and O–H groups in total. The first-order chi connectivity index (χ1) is 10.3. The summed E-state index contributed by atoms with van der Waals surface area (Å²) in [4.78, 5) is 24.9. The van der Waals surface area contributed by atoms with Gasteiger partial charge in [-0.05, 0) is 26.0 Å². The molecule has 0 aliphatic rings. The van der Waals surface area contributed by atoms with E-state index in [1.807, 2.05) is 0 Å². The third-order valence-electron chi connectivity index (χ3n) is 3.05. The van der Waals surface area contributed by atoms with E-state index in [0.717, 1.165) is 24.3 Å². The van der Waals surface area contributed by atoms with Crippen molar-refractivity contribution in [1.29, 1.82) is 0 Å². The number of ketones is 1. The monoisotopic (exact) mass is 317 g/mol. The highest BCUT2D eigenvalue weighted by atomic mass is 19.4. The molecular weight excluding hydrogens is 299 g/mol. The van der Waals surface area contributed by atoms with E-state index in [4.69, 9.17) is 4.74 Å². The summed E-state index contributed by atoms with van der Waals surface area (Å²) in [5, 5.41) is 0. The van der Waals surface area contributed by atoms with Crippen LogP contribution in [0.4, 0.5) is 18.0 Å². The minimum absolute atomic E-state index is 0.0258. The number of halogens is 3. The van der Waals surface area contributed by atoms with Gasteiger partial charge in [-0.25, -0.2) is 4.79 Å². The molecule has 122 valence electrons. The molecule has 22 heavy (non-hydrogen) atoms. The Morgan fingerprint density at radius 1 is 1.14 bits per heavy atom. The maximum atomic E-state index is 12.4. The van der Waals surface area contributed by atoms with Gasteiger partial charge < -0.3 is 9.64 Å². The molecule has 0 atom stereocenters. The number of hydrogen-bond acceptors (Lipinski definition) is 3. The lowest BCUT2D eigenvalue weighted by atomic mass is 10.1. The number of rotatable bonds is 6. The van der Waals surface area contributed by atoms with Crippen molar-refractivity contribution in [1.82, 2.24) is 4.90 Å². The van der Waals surface area contributed by atoms with Crippen LogP contribution in [0.3, 0.4) is 0 Å². The van der Waals surface area contributed by atoms with Crippen molar-refractivity contribution in [2.45, 2.75) is 26.4 Å². The summed E-state index contributed by atoms with van der Waals surface area (Å²) in [6, 6.07) is 4.03. The second-order valence-corrected chi connectivity index (χ2v) is 4.53. The summed E-state index contributed by atoms with van der Waals surface area (Å²) in [5.41, 5.74) is -0.612. The largest absolute Gasteiger partial charge is 0.450 e. The number of carbonyl (C=O) groups is 2. The van der Waals surface area contributed by atoms with Crippen molar-refractivity contribution < 1.29 is 27.5 Å². The predicted octanol–water partition coefficient (Wildman–Crippen LogP) is 3.76. The molecule has 0 saturated heterocycles. The smallest absolute Gasteiger partial charge is 0.416 e. The lowest BCUT2D eigenvalue weighted by molar-refractivity contribution is -0.137. The standard InChI is InChI=1S/C15H18F3NO3/c1-3-19(14(21)22-4-2)10-9-13(20)11-5-7-12(8-6-11)15(16,17)18/h5-8H,3-4,9-10H2,1-2H3. The minimum atomic E-state index is -4.43. The van der Waals surface area contributed by atoms with Gasteiger partial charge in [0.25, 0.3) is 0 Å². The highest BCUT2D eigenvalue weighted by Gasteiger charge is 2.30. The number of Topliss-reactive ketones (excluding diaryl/α,β-unsaturated/α-hetero) is 1. The van der Waals surface area contributed by atoms with Gasteiger partial charge in [0.1, 0.15) is 0 Å². The van der Waals surface area contributed by atoms with E-state index in [1.54, 1.807) is 13.8 Å². The van der Waals surface area contributed by atoms with Crippen LogP contribution in [0.25, 0.3) is 0 Å². The second-order valence-electron chi connectivity index (χ2n) is 4.53. The highest BCUT2D eigenvalue weighted by Crippen LogP contribution is 2.29. The fourth-order valence-electron chi connectivity index (χ4n) is 1.82.